The Hall–Kier alpha value is -3.54. The molecule has 1 fully saturated rings. The van der Waals surface area contributed by atoms with Gasteiger partial charge in [-0.25, -0.2) is 9.18 Å². The monoisotopic (exact) mass is 578 g/mol. The van der Waals surface area contributed by atoms with Crippen LogP contribution in [0.5, 0.6) is 0 Å². The number of hydrogen-bond acceptors (Lipinski definition) is 7. The lowest BCUT2D eigenvalue weighted by atomic mass is 9.91. The van der Waals surface area contributed by atoms with Gasteiger partial charge in [0.2, 0.25) is 11.8 Å². The van der Waals surface area contributed by atoms with Crippen molar-refractivity contribution in [1.29, 1.82) is 0 Å². The molecule has 1 aliphatic rings. The molecule has 10 nitrogen and oxygen atoms in total. The Balaban J connectivity index is 1.83. The molecule has 0 bridgehead atoms. The normalized spacial score (nSPS) is 17.4. The number of benzene rings is 1. The predicted octanol–water partition coefficient (Wildman–Crippen LogP) is 2.32. The van der Waals surface area contributed by atoms with Crippen LogP contribution in [0.3, 0.4) is 0 Å². The number of amides is 3. The van der Waals surface area contributed by atoms with Crippen molar-refractivity contribution in [3.63, 3.8) is 0 Å². The standard InChI is InChI=1S/C25H28BrFN4O6/c1-14-10-21(31-37-14)24(34)30-20(11-15-5-7-17(27)8-6-15)23(33)29-18(13-19(26)25(35)36-2)12-16-4-3-9-28-22(16)32/h5-8,10,13,16,18,20H,3-4,9,11-12H2,1-2H3,(H,28,32)(H,29,33)(H,30,34). The highest BCUT2D eigenvalue weighted by atomic mass is 79.9. The number of halogens is 2. The molecule has 0 aliphatic carbocycles. The largest absolute Gasteiger partial charge is 0.465 e. The van der Waals surface area contributed by atoms with E-state index in [1.165, 1.54) is 43.5 Å². The molecule has 12 heteroatoms. The van der Waals surface area contributed by atoms with Crippen LogP contribution >= 0.6 is 15.9 Å². The number of carbonyl (C=O) groups is 4. The van der Waals surface area contributed by atoms with Crippen molar-refractivity contribution in [2.75, 3.05) is 13.7 Å². The fourth-order valence-corrected chi connectivity index (χ4v) is 4.41. The number of esters is 1. The molecule has 198 valence electrons. The fourth-order valence-electron chi connectivity index (χ4n) is 3.93. The van der Waals surface area contributed by atoms with E-state index >= 15 is 0 Å². The number of piperidine rings is 1. The summed E-state index contributed by atoms with van der Waals surface area (Å²) in [6.45, 7) is 2.21. The first-order valence-corrected chi connectivity index (χ1v) is 12.5. The molecule has 3 rings (SSSR count). The summed E-state index contributed by atoms with van der Waals surface area (Å²) in [6.07, 6.45) is 3.16. The summed E-state index contributed by atoms with van der Waals surface area (Å²) in [5.74, 6) is -2.37. The Bertz CT molecular complexity index is 1170. The minimum atomic E-state index is -1.08. The van der Waals surface area contributed by atoms with Crippen LogP contribution in [0.4, 0.5) is 4.39 Å². The smallest absolute Gasteiger partial charge is 0.344 e. The summed E-state index contributed by atoms with van der Waals surface area (Å²) in [7, 11) is 1.22. The van der Waals surface area contributed by atoms with Gasteiger partial charge in [0.1, 0.15) is 22.1 Å². The maximum atomic E-state index is 13.4. The number of nitrogens with one attached hydrogen (secondary N) is 3. The van der Waals surface area contributed by atoms with Gasteiger partial charge in [-0.15, -0.1) is 0 Å². The van der Waals surface area contributed by atoms with E-state index in [-0.39, 0.29) is 34.8 Å². The Kier molecular flexibility index (Phi) is 9.95. The van der Waals surface area contributed by atoms with Gasteiger partial charge in [-0.3, -0.25) is 14.4 Å². The first-order chi connectivity index (χ1) is 17.7. The Labute approximate surface area is 221 Å². The molecule has 0 spiro atoms. The van der Waals surface area contributed by atoms with E-state index in [1.807, 2.05) is 0 Å². The Morgan fingerprint density at radius 2 is 2.03 bits per heavy atom. The lowest BCUT2D eigenvalue weighted by Gasteiger charge is -2.27. The number of hydrogen-bond donors (Lipinski definition) is 3. The number of methoxy groups -OCH3 is 1. The van der Waals surface area contributed by atoms with Gasteiger partial charge in [-0.05, 0) is 65.9 Å². The van der Waals surface area contributed by atoms with E-state index in [4.69, 9.17) is 9.26 Å². The topological polar surface area (TPSA) is 140 Å². The molecule has 3 atom stereocenters. The molecule has 2 aromatic rings. The van der Waals surface area contributed by atoms with Crippen LogP contribution in [0.2, 0.25) is 0 Å². The quantitative estimate of drug-likeness (QED) is 0.290. The number of aromatic nitrogens is 1. The zero-order chi connectivity index (χ0) is 26.9. The molecule has 3 N–H and O–H groups in total. The van der Waals surface area contributed by atoms with Crippen molar-refractivity contribution in [2.24, 2.45) is 5.92 Å². The molecule has 1 aromatic carbocycles. The van der Waals surface area contributed by atoms with E-state index in [0.29, 0.717) is 24.3 Å². The summed E-state index contributed by atoms with van der Waals surface area (Å²) >= 11 is 3.16. The van der Waals surface area contributed by atoms with Crippen LogP contribution in [-0.2, 0) is 25.5 Å². The van der Waals surface area contributed by atoms with Gasteiger partial charge in [0.25, 0.3) is 5.91 Å². The van der Waals surface area contributed by atoms with Gasteiger partial charge in [-0.1, -0.05) is 17.3 Å². The van der Waals surface area contributed by atoms with Crippen molar-refractivity contribution in [3.8, 4) is 0 Å². The van der Waals surface area contributed by atoms with Crippen molar-refractivity contribution in [3.05, 3.63) is 63.7 Å². The average molecular weight is 579 g/mol. The van der Waals surface area contributed by atoms with Gasteiger partial charge in [0, 0.05) is 31.0 Å². The second-order valence-corrected chi connectivity index (χ2v) is 9.52. The summed E-state index contributed by atoms with van der Waals surface area (Å²) in [5.41, 5.74) is 0.603. The lowest BCUT2D eigenvalue weighted by Crippen LogP contribution is -2.51. The van der Waals surface area contributed by atoms with Crippen LogP contribution in [0, 0.1) is 18.7 Å². The molecule has 3 amide bonds. The third kappa shape index (κ3) is 8.24. The van der Waals surface area contributed by atoms with E-state index in [1.54, 1.807) is 6.92 Å². The van der Waals surface area contributed by atoms with Crippen LogP contribution in [-0.4, -0.2) is 54.6 Å². The number of nitrogens with zero attached hydrogens (tertiary/aromatic N) is 1. The third-order valence-corrected chi connectivity index (χ3v) is 6.42. The Morgan fingerprint density at radius 1 is 1.30 bits per heavy atom. The van der Waals surface area contributed by atoms with Crippen molar-refractivity contribution >= 4 is 39.6 Å². The van der Waals surface area contributed by atoms with Crippen LogP contribution in [0.25, 0.3) is 0 Å². The number of aryl methyl sites for hydroxylation is 1. The number of rotatable bonds is 10. The lowest BCUT2D eigenvalue weighted by molar-refractivity contribution is -0.135. The molecule has 2 heterocycles. The molecule has 1 aromatic heterocycles. The molecule has 1 saturated heterocycles. The zero-order valence-corrected chi connectivity index (χ0v) is 22.0. The van der Waals surface area contributed by atoms with E-state index < -0.39 is 35.7 Å². The second-order valence-electron chi connectivity index (χ2n) is 8.67. The summed E-state index contributed by atoms with van der Waals surface area (Å²) in [5, 5.41) is 12.0. The predicted molar refractivity (Wildman–Crippen MR) is 134 cm³/mol. The zero-order valence-electron chi connectivity index (χ0n) is 20.4. The molecule has 1 aliphatic heterocycles. The summed E-state index contributed by atoms with van der Waals surface area (Å²) in [4.78, 5) is 50.5. The van der Waals surface area contributed by atoms with E-state index in [2.05, 4.69) is 37.0 Å². The van der Waals surface area contributed by atoms with E-state index in [0.717, 1.165) is 6.42 Å². The second kappa shape index (κ2) is 13.1. The molecule has 37 heavy (non-hydrogen) atoms. The maximum Gasteiger partial charge on any atom is 0.344 e. The molecular weight excluding hydrogens is 551 g/mol. The van der Waals surface area contributed by atoms with Crippen molar-refractivity contribution < 1.29 is 32.8 Å². The minimum absolute atomic E-state index is 0.00170. The minimum Gasteiger partial charge on any atom is -0.465 e. The van der Waals surface area contributed by atoms with Crippen molar-refractivity contribution in [1.82, 2.24) is 21.1 Å². The highest BCUT2D eigenvalue weighted by Crippen LogP contribution is 2.20. The van der Waals surface area contributed by atoms with Crippen LogP contribution in [0.1, 0.15) is 41.1 Å². The highest BCUT2D eigenvalue weighted by Gasteiger charge is 2.29. The summed E-state index contributed by atoms with van der Waals surface area (Å²) < 4.78 is 23.2. The van der Waals surface area contributed by atoms with Gasteiger partial charge < -0.3 is 25.2 Å². The van der Waals surface area contributed by atoms with E-state index in [9.17, 15) is 23.6 Å². The first kappa shape index (κ1) is 28.0. The molecular formula is C25H28BrFN4O6. The van der Waals surface area contributed by atoms with Gasteiger partial charge >= 0.3 is 5.97 Å². The maximum absolute atomic E-state index is 13.4. The van der Waals surface area contributed by atoms with Gasteiger partial charge in [0.15, 0.2) is 5.69 Å². The molecule has 0 saturated carbocycles. The number of carbonyl (C=O) groups excluding carboxylic acids is 4. The first-order valence-electron chi connectivity index (χ1n) is 11.7. The molecule has 3 unspecified atom stereocenters. The highest BCUT2D eigenvalue weighted by molar-refractivity contribution is 9.12. The Morgan fingerprint density at radius 3 is 2.65 bits per heavy atom. The van der Waals surface area contributed by atoms with Gasteiger partial charge in [-0.2, -0.15) is 0 Å². The number of ether oxygens (including phenoxy) is 1. The third-order valence-electron chi connectivity index (χ3n) is 5.83. The van der Waals surface area contributed by atoms with Crippen LogP contribution < -0.4 is 16.0 Å². The summed E-state index contributed by atoms with van der Waals surface area (Å²) in [6, 6.07) is 5.16. The average Bonchev–Trinajstić information content (AvgIpc) is 3.32. The van der Waals surface area contributed by atoms with Crippen LogP contribution in [0.15, 0.2) is 45.4 Å². The molecule has 0 radical (unpaired) electrons. The van der Waals surface area contributed by atoms with Gasteiger partial charge in [0.05, 0.1) is 7.11 Å². The fraction of sp³-hybridized carbons (Fsp3) is 0.400. The SMILES string of the molecule is COC(=O)C(Br)=CC(CC1CCCNC1=O)NC(=O)C(Cc1ccc(F)cc1)NC(=O)c1cc(C)on1. The van der Waals surface area contributed by atoms with Crippen molar-refractivity contribution in [2.45, 2.75) is 44.7 Å².